The third-order valence-corrected chi connectivity index (χ3v) is 5.52. The van der Waals surface area contributed by atoms with E-state index in [1.165, 1.54) is 25.2 Å². The molecule has 0 amide bonds. The van der Waals surface area contributed by atoms with Gasteiger partial charge in [-0.25, -0.2) is 9.18 Å². The Balaban J connectivity index is 1.90. The molecule has 2 unspecified atom stereocenters. The molecule has 0 radical (unpaired) electrons. The monoisotopic (exact) mass is 441 g/mol. The number of hydrogen-bond acceptors (Lipinski definition) is 3. The van der Waals surface area contributed by atoms with Crippen molar-refractivity contribution in [3.05, 3.63) is 67.7 Å². The first-order valence-electron chi connectivity index (χ1n) is 9.66. The Labute approximate surface area is 174 Å². The smallest absolute Gasteiger partial charge is 0.380 e. The molecule has 0 aliphatic heterocycles. The Morgan fingerprint density at radius 1 is 1.16 bits per heavy atom. The summed E-state index contributed by atoms with van der Waals surface area (Å²) in [5, 5.41) is 10.6. The van der Waals surface area contributed by atoms with E-state index in [0.717, 1.165) is 10.1 Å². The van der Waals surface area contributed by atoms with Crippen molar-refractivity contribution < 1.29 is 22.7 Å². The van der Waals surface area contributed by atoms with Crippen LogP contribution in [0.1, 0.15) is 30.2 Å². The molecule has 3 N–H and O–H groups in total. The first-order valence-corrected chi connectivity index (χ1v) is 9.66. The summed E-state index contributed by atoms with van der Waals surface area (Å²) in [7, 11) is 1.25. The minimum absolute atomic E-state index is 0.00365. The van der Waals surface area contributed by atoms with Gasteiger partial charge >= 0.3 is 11.9 Å². The second-order valence-electron chi connectivity index (χ2n) is 8.17. The van der Waals surface area contributed by atoms with Crippen molar-refractivity contribution in [2.75, 3.05) is 0 Å². The number of benzene rings is 1. The van der Waals surface area contributed by atoms with E-state index in [-0.39, 0.29) is 23.1 Å². The summed E-state index contributed by atoms with van der Waals surface area (Å²) in [5.74, 6) is -1.10. The van der Waals surface area contributed by atoms with Crippen molar-refractivity contribution in [2.45, 2.75) is 44.9 Å². The SMILES string of the molecule is Cc1ccc(F)cc1CC(C)CC(O)(Cc1cc2c(=O)n(C)c(=O)[nH]c2[nH]1)C(F)(F)F. The van der Waals surface area contributed by atoms with Crippen LogP contribution in [0.4, 0.5) is 17.6 Å². The van der Waals surface area contributed by atoms with Gasteiger partial charge in [-0.05, 0) is 55.0 Å². The lowest BCUT2D eigenvalue weighted by Crippen LogP contribution is -2.48. The fourth-order valence-corrected chi connectivity index (χ4v) is 3.82. The van der Waals surface area contributed by atoms with Gasteiger partial charge in [-0.2, -0.15) is 13.2 Å². The van der Waals surface area contributed by atoms with Gasteiger partial charge in [0, 0.05) is 19.2 Å². The van der Waals surface area contributed by atoms with Gasteiger partial charge < -0.3 is 10.1 Å². The predicted octanol–water partition coefficient (Wildman–Crippen LogP) is 3.11. The van der Waals surface area contributed by atoms with E-state index < -0.39 is 47.6 Å². The van der Waals surface area contributed by atoms with Crippen LogP contribution in [-0.4, -0.2) is 31.4 Å². The van der Waals surface area contributed by atoms with Crippen LogP contribution in [0.25, 0.3) is 11.0 Å². The van der Waals surface area contributed by atoms with E-state index in [2.05, 4.69) is 9.97 Å². The molecule has 31 heavy (non-hydrogen) atoms. The molecular formula is C21H23F4N3O3. The molecule has 0 aliphatic carbocycles. The third-order valence-electron chi connectivity index (χ3n) is 5.52. The minimum atomic E-state index is -4.95. The lowest BCUT2D eigenvalue weighted by Gasteiger charge is -2.33. The average Bonchev–Trinajstić information content (AvgIpc) is 3.03. The van der Waals surface area contributed by atoms with Crippen LogP contribution < -0.4 is 11.2 Å². The van der Waals surface area contributed by atoms with Gasteiger partial charge in [0.2, 0.25) is 0 Å². The van der Waals surface area contributed by atoms with Gasteiger partial charge in [0.1, 0.15) is 11.5 Å². The number of hydrogen-bond donors (Lipinski definition) is 3. The van der Waals surface area contributed by atoms with Gasteiger partial charge in [-0.1, -0.05) is 13.0 Å². The first-order chi connectivity index (χ1) is 14.3. The lowest BCUT2D eigenvalue weighted by atomic mass is 9.83. The number of aromatic amines is 2. The number of nitrogens with zero attached hydrogens (tertiary/aromatic N) is 1. The Bertz CT molecular complexity index is 1230. The van der Waals surface area contributed by atoms with Crippen LogP contribution >= 0.6 is 0 Å². The number of aryl methyl sites for hydroxylation is 1. The maximum absolute atomic E-state index is 13.8. The highest BCUT2D eigenvalue weighted by Gasteiger charge is 2.54. The van der Waals surface area contributed by atoms with Crippen molar-refractivity contribution in [1.82, 2.24) is 14.5 Å². The molecule has 3 rings (SSSR count). The van der Waals surface area contributed by atoms with Gasteiger partial charge in [0.05, 0.1) is 5.39 Å². The fourth-order valence-electron chi connectivity index (χ4n) is 3.82. The van der Waals surface area contributed by atoms with Gasteiger partial charge in [-0.15, -0.1) is 0 Å². The summed E-state index contributed by atoms with van der Waals surface area (Å²) in [4.78, 5) is 28.9. The van der Waals surface area contributed by atoms with Gasteiger partial charge in [-0.3, -0.25) is 14.3 Å². The molecular weight excluding hydrogens is 418 g/mol. The zero-order valence-corrected chi connectivity index (χ0v) is 17.2. The minimum Gasteiger partial charge on any atom is -0.380 e. The normalized spacial score (nSPS) is 15.2. The zero-order chi connectivity index (χ0) is 23.1. The summed E-state index contributed by atoms with van der Waals surface area (Å²) in [6.07, 6.45) is -6.25. The molecule has 0 fully saturated rings. The zero-order valence-electron chi connectivity index (χ0n) is 17.2. The highest BCUT2D eigenvalue weighted by atomic mass is 19.4. The average molecular weight is 441 g/mol. The van der Waals surface area contributed by atoms with Crippen LogP contribution in [-0.2, 0) is 19.9 Å². The summed E-state index contributed by atoms with van der Waals surface area (Å²) >= 11 is 0. The highest BCUT2D eigenvalue weighted by molar-refractivity contribution is 5.75. The van der Waals surface area contributed by atoms with Crippen LogP contribution in [0, 0.1) is 18.7 Å². The highest BCUT2D eigenvalue weighted by Crippen LogP contribution is 2.39. The molecule has 2 heterocycles. The number of H-pyrrole nitrogens is 2. The Morgan fingerprint density at radius 2 is 1.84 bits per heavy atom. The summed E-state index contributed by atoms with van der Waals surface area (Å²) in [6.45, 7) is 3.29. The molecule has 0 bridgehead atoms. The molecule has 0 saturated carbocycles. The standard InChI is InChI=1S/C21H23F4N3O3/c1-11(6-13-7-14(22)5-4-12(13)2)9-20(31,21(23,24)25)10-15-8-16-17(26-15)27-19(30)28(3)18(16)29/h4-5,7-8,11,26,31H,6,9-10H2,1-3H3,(H,27,30). The summed E-state index contributed by atoms with van der Waals surface area (Å²) < 4.78 is 55.9. The van der Waals surface area contributed by atoms with Crippen LogP contribution in [0.3, 0.4) is 0 Å². The Kier molecular flexibility index (Phi) is 5.88. The van der Waals surface area contributed by atoms with E-state index in [1.54, 1.807) is 19.9 Å². The number of nitrogens with one attached hydrogen (secondary N) is 2. The summed E-state index contributed by atoms with van der Waals surface area (Å²) in [5.41, 5.74) is -3.18. The predicted molar refractivity (Wildman–Crippen MR) is 107 cm³/mol. The quantitative estimate of drug-likeness (QED) is 0.514. The van der Waals surface area contributed by atoms with Crippen molar-refractivity contribution in [3.63, 3.8) is 0 Å². The maximum Gasteiger partial charge on any atom is 0.417 e. The van der Waals surface area contributed by atoms with Gasteiger partial charge in [0.15, 0.2) is 5.60 Å². The number of alkyl halides is 3. The third kappa shape index (κ3) is 4.58. The number of fused-ring (bicyclic) bond motifs is 1. The Morgan fingerprint density at radius 3 is 2.48 bits per heavy atom. The number of aliphatic hydroxyl groups is 1. The van der Waals surface area contributed by atoms with Crippen LogP contribution in [0.5, 0.6) is 0 Å². The molecule has 2 aromatic heterocycles. The Hall–Kier alpha value is -2.88. The molecule has 3 aromatic rings. The van der Waals surface area contributed by atoms with Gasteiger partial charge in [0.25, 0.3) is 5.56 Å². The fraction of sp³-hybridized carbons (Fsp3) is 0.429. The van der Waals surface area contributed by atoms with E-state index in [4.69, 9.17) is 0 Å². The number of halogens is 4. The molecule has 2 atom stereocenters. The van der Waals surface area contributed by atoms with E-state index in [0.29, 0.717) is 5.56 Å². The molecule has 168 valence electrons. The first kappa shape index (κ1) is 22.8. The molecule has 0 aliphatic rings. The summed E-state index contributed by atoms with van der Waals surface area (Å²) in [6, 6.07) is 5.31. The second kappa shape index (κ2) is 7.99. The maximum atomic E-state index is 13.8. The second-order valence-corrected chi connectivity index (χ2v) is 8.17. The van der Waals surface area contributed by atoms with Crippen molar-refractivity contribution >= 4 is 11.0 Å². The largest absolute Gasteiger partial charge is 0.417 e. The molecule has 1 aromatic carbocycles. The van der Waals surface area contributed by atoms with Crippen molar-refractivity contribution in [2.24, 2.45) is 13.0 Å². The number of rotatable bonds is 6. The van der Waals surface area contributed by atoms with E-state index >= 15 is 0 Å². The van der Waals surface area contributed by atoms with E-state index in [9.17, 15) is 32.3 Å². The molecule has 6 nitrogen and oxygen atoms in total. The lowest BCUT2D eigenvalue weighted by molar-refractivity contribution is -0.265. The molecule has 0 spiro atoms. The molecule has 0 saturated heterocycles. The van der Waals surface area contributed by atoms with Crippen molar-refractivity contribution in [1.29, 1.82) is 0 Å². The van der Waals surface area contributed by atoms with Crippen LogP contribution in [0.2, 0.25) is 0 Å². The van der Waals surface area contributed by atoms with Crippen LogP contribution in [0.15, 0.2) is 33.9 Å². The van der Waals surface area contributed by atoms with E-state index in [1.807, 2.05) is 0 Å². The number of aromatic nitrogens is 3. The topological polar surface area (TPSA) is 90.9 Å². The molecule has 10 heteroatoms. The van der Waals surface area contributed by atoms with Crippen molar-refractivity contribution in [3.8, 4) is 0 Å².